The lowest BCUT2D eigenvalue weighted by molar-refractivity contribution is -0.0626. The Bertz CT molecular complexity index is 1340. The van der Waals surface area contributed by atoms with E-state index in [4.69, 9.17) is 15.6 Å². The lowest BCUT2D eigenvalue weighted by atomic mass is 9.89. The molecule has 2 saturated heterocycles. The van der Waals surface area contributed by atoms with Gasteiger partial charge in [-0.1, -0.05) is 18.2 Å². The number of aliphatic hydroxyl groups is 1. The summed E-state index contributed by atoms with van der Waals surface area (Å²) in [5, 5.41) is 16.7. The highest BCUT2D eigenvalue weighted by Gasteiger charge is 2.39. The van der Waals surface area contributed by atoms with E-state index in [2.05, 4.69) is 26.8 Å². The minimum atomic E-state index is -0.606. The minimum absolute atomic E-state index is 0.172. The molecule has 4 aromatic rings. The first-order chi connectivity index (χ1) is 17.5. The van der Waals surface area contributed by atoms with Gasteiger partial charge in [0.2, 0.25) is 0 Å². The lowest BCUT2D eigenvalue weighted by Crippen LogP contribution is -2.56. The highest BCUT2D eigenvalue weighted by Crippen LogP contribution is 2.35. The summed E-state index contributed by atoms with van der Waals surface area (Å²) in [4.78, 5) is 13.4. The van der Waals surface area contributed by atoms with Crippen LogP contribution in [0.2, 0.25) is 0 Å². The van der Waals surface area contributed by atoms with Gasteiger partial charge in [0.15, 0.2) is 5.65 Å². The van der Waals surface area contributed by atoms with Crippen LogP contribution < -0.4 is 10.5 Å². The van der Waals surface area contributed by atoms with Crippen molar-refractivity contribution >= 4 is 16.9 Å². The van der Waals surface area contributed by atoms with Gasteiger partial charge >= 0.3 is 0 Å². The van der Waals surface area contributed by atoms with E-state index in [1.807, 2.05) is 59.3 Å². The number of hydrogen-bond acceptors (Lipinski definition) is 8. The number of rotatable bonds is 6. The predicted molar refractivity (Wildman–Crippen MR) is 139 cm³/mol. The van der Waals surface area contributed by atoms with Gasteiger partial charge in [-0.05, 0) is 56.3 Å². The van der Waals surface area contributed by atoms with E-state index in [1.54, 1.807) is 0 Å². The Morgan fingerprint density at radius 3 is 2.42 bits per heavy atom. The van der Waals surface area contributed by atoms with Crippen molar-refractivity contribution in [3.63, 3.8) is 0 Å². The van der Waals surface area contributed by atoms with Crippen LogP contribution in [0.25, 0.3) is 22.3 Å². The summed E-state index contributed by atoms with van der Waals surface area (Å²) in [6, 6.07) is 17.7. The van der Waals surface area contributed by atoms with E-state index < -0.39 is 5.60 Å². The fourth-order valence-corrected chi connectivity index (χ4v) is 5.19. The van der Waals surface area contributed by atoms with Crippen molar-refractivity contribution in [3.8, 4) is 22.8 Å². The minimum Gasteiger partial charge on any atom is -0.457 e. The molecular weight excluding hydrogens is 454 g/mol. The molecule has 4 heterocycles. The van der Waals surface area contributed by atoms with E-state index >= 15 is 0 Å². The second kappa shape index (κ2) is 9.16. The number of aromatic nitrogens is 4. The third-order valence-corrected chi connectivity index (χ3v) is 7.34. The van der Waals surface area contributed by atoms with Crippen LogP contribution in [0.5, 0.6) is 11.5 Å². The summed E-state index contributed by atoms with van der Waals surface area (Å²) in [6.07, 6.45) is 3.12. The number of para-hydroxylation sites is 1. The molecule has 0 amide bonds. The van der Waals surface area contributed by atoms with E-state index in [1.165, 1.54) is 6.33 Å². The Hall–Kier alpha value is -3.53. The molecule has 0 atom stereocenters. The average molecular weight is 486 g/mol. The number of likely N-dealkylation sites (tertiary alicyclic amines) is 2. The van der Waals surface area contributed by atoms with Crippen molar-refractivity contribution < 1.29 is 9.84 Å². The molecule has 0 unspecified atom stereocenters. The number of nitrogen functional groups attached to an aromatic ring is 1. The normalized spacial score (nSPS) is 18.8. The smallest absolute Gasteiger partial charge is 0.164 e. The second-order valence-corrected chi connectivity index (χ2v) is 10.1. The predicted octanol–water partition coefficient (Wildman–Crippen LogP) is 3.18. The Kier molecular flexibility index (Phi) is 5.83. The standard InChI is InChI=1S/C27H31N7O2/c1-32-13-11-27(35,12-14-32)17-33-15-20(16-33)34-26-23(25(28)29-18-30-26)24(31-34)19-7-9-22(10-8-19)36-21-5-3-2-4-6-21/h2-10,18,20,35H,11-17H2,1H3,(H2,28,29,30). The highest BCUT2D eigenvalue weighted by molar-refractivity contribution is 5.98. The molecule has 2 aliphatic heterocycles. The maximum absolute atomic E-state index is 11.0. The van der Waals surface area contributed by atoms with Crippen LogP contribution in [0.4, 0.5) is 5.82 Å². The van der Waals surface area contributed by atoms with Crippen molar-refractivity contribution in [2.45, 2.75) is 24.5 Å². The molecule has 36 heavy (non-hydrogen) atoms. The topological polar surface area (TPSA) is 106 Å². The summed E-state index contributed by atoms with van der Waals surface area (Å²) in [6.45, 7) is 4.21. The number of ether oxygens (including phenoxy) is 1. The number of hydrogen-bond donors (Lipinski definition) is 2. The molecule has 0 aliphatic carbocycles. The molecule has 2 fully saturated rings. The molecular formula is C27H31N7O2. The molecule has 9 nitrogen and oxygen atoms in total. The second-order valence-electron chi connectivity index (χ2n) is 10.1. The SMILES string of the molecule is CN1CCC(O)(CN2CC(n3nc(-c4ccc(Oc5ccccc5)cc4)c4c(N)ncnc43)C2)CC1. The van der Waals surface area contributed by atoms with Gasteiger partial charge < -0.3 is 20.5 Å². The van der Waals surface area contributed by atoms with Crippen molar-refractivity contribution in [2.24, 2.45) is 0 Å². The average Bonchev–Trinajstić information content (AvgIpc) is 3.25. The molecule has 6 rings (SSSR count). The fourth-order valence-electron chi connectivity index (χ4n) is 5.19. The van der Waals surface area contributed by atoms with Crippen LogP contribution in [0.3, 0.4) is 0 Å². The van der Waals surface area contributed by atoms with Gasteiger partial charge in [-0.15, -0.1) is 0 Å². The van der Waals surface area contributed by atoms with Crippen molar-refractivity contribution in [2.75, 3.05) is 45.5 Å². The fraction of sp³-hybridized carbons (Fsp3) is 0.370. The van der Waals surface area contributed by atoms with Gasteiger partial charge in [-0.2, -0.15) is 5.10 Å². The summed E-state index contributed by atoms with van der Waals surface area (Å²) in [5.74, 6) is 1.96. The highest BCUT2D eigenvalue weighted by atomic mass is 16.5. The van der Waals surface area contributed by atoms with Crippen LogP contribution in [0, 0.1) is 0 Å². The van der Waals surface area contributed by atoms with E-state index in [9.17, 15) is 5.11 Å². The molecule has 3 N–H and O–H groups in total. The van der Waals surface area contributed by atoms with Crippen molar-refractivity contribution in [1.29, 1.82) is 0 Å². The van der Waals surface area contributed by atoms with Gasteiger partial charge in [0.1, 0.15) is 29.3 Å². The van der Waals surface area contributed by atoms with Crippen molar-refractivity contribution in [1.82, 2.24) is 29.5 Å². The molecule has 186 valence electrons. The van der Waals surface area contributed by atoms with Crippen LogP contribution in [0.15, 0.2) is 60.9 Å². The number of anilines is 1. The van der Waals surface area contributed by atoms with Crippen LogP contribution in [-0.2, 0) is 0 Å². The monoisotopic (exact) mass is 485 g/mol. The van der Waals surface area contributed by atoms with E-state index in [-0.39, 0.29) is 6.04 Å². The summed E-state index contributed by atoms with van der Waals surface area (Å²) in [5.41, 5.74) is 8.13. The van der Waals surface area contributed by atoms with Crippen LogP contribution in [0.1, 0.15) is 18.9 Å². The Labute approximate surface area is 210 Å². The van der Waals surface area contributed by atoms with Crippen LogP contribution in [-0.4, -0.2) is 80.0 Å². The molecule has 0 saturated carbocycles. The number of nitrogens with zero attached hydrogens (tertiary/aromatic N) is 6. The lowest BCUT2D eigenvalue weighted by Gasteiger charge is -2.45. The molecule has 9 heteroatoms. The number of piperidine rings is 1. The maximum atomic E-state index is 11.0. The Balaban J connectivity index is 1.22. The van der Waals surface area contributed by atoms with Gasteiger partial charge in [-0.25, -0.2) is 14.6 Å². The Morgan fingerprint density at radius 1 is 1.00 bits per heavy atom. The molecule has 0 bridgehead atoms. The van der Waals surface area contributed by atoms with Crippen LogP contribution >= 0.6 is 0 Å². The summed E-state index contributed by atoms with van der Waals surface area (Å²) < 4.78 is 7.91. The van der Waals surface area contributed by atoms with E-state index in [0.29, 0.717) is 12.4 Å². The largest absolute Gasteiger partial charge is 0.457 e. The summed E-state index contributed by atoms with van der Waals surface area (Å²) in [7, 11) is 2.11. The van der Waals surface area contributed by atoms with Gasteiger partial charge in [-0.3, -0.25) is 4.90 Å². The zero-order valence-corrected chi connectivity index (χ0v) is 20.4. The number of fused-ring (bicyclic) bond motifs is 1. The molecule has 2 aromatic heterocycles. The Morgan fingerprint density at radius 2 is 1.69 bits per heavy atom. The third kappa shape index (κ3) is 4.41. The van der Waals surface area contributed by atoms with Crippen molar-refractivity contribution in [3.05, 3.63) is 60.9 Å². The van der Waals surface area contributed by atoms with Gasteiger partial charge in [0.25, 0.3) is 0 Å². The van der Waals surface area contributed by atoms with E-state index in [0.717, 1.165) is 72.8 Å². The third-order valence-electron chi connectivity index (χ3n) is 7.34. The number of benzene rings is 2. The van der Waals surface area contributed by atoms with Gasteiger partial charge in [0.05, 0.1) is 17.0 Å². The molecule has 0 radical (unpaired) electrons. The zero-order chi connectivity index (χ0) is 24.7. The number of β-amino-alcohol motifs (C(OH)–C–C–N with tert-alkyl or cyclic N) is 1. The first-order valence-electron chi connectivity index (χ1n) is 12.4. The maximum Gasteiger partial charge on any atom is 0.164 e. The first-order valence-corrected chi connectivity index (χ1v) is 12.4. The molecule has 0 spiro atoms. The van der Waals surface area contributed by atoms with Gasteiger partial charge in [0, 0.05) is 38.3 Å². The first kappa shape index (κ1) is 22.9. The molecule has 2 aliphatic rings. The number of nitrogens with two attached hydrogens (primary N) is 1. The molecule has 2 aromatic carbocycles. The quantitative estimate of drug-likeness (QED) is 0.429. The summed E-state index contributed by atoms with van der Waals surface area (Å²) >= 11 is 0. The zero-order valence-electron chi connectivity index (χ0n) is 20.4.